The molecule has 0 saturated heterocycles. The predicted octanol–water partition coefficient (Wildman–Crippen LogP) is 6.26. The normalized spacial score (nSPS) is 15.7. The number of benzene rings is 2. The van der Waals surface area contributed by atoms with Gasteiger partial charge in [-0.3, -0.25) is 4.90 Å². The topological polar surface area (TPSA) is 49.1 Å². The van der Waals surface area contributed by atoms with Crippen molar-refractivity contribution >= 4 is 0 Å². The van der Waals surface area contributed by atoms with Gasteiger partial charge in [0.05, 0.1) is 12.8 Å². The van der Waals surface area contributed by atoms with Crippen LogP contribution in [0.3, 0.4) is 0 Å². The van der Waals surface area contributed by atoms with E-state index in [1.807, 2.05) is 6.07 Å². The molecule has 1 atom stereocenters. The highest BCUT2D eigenvalue weighted by Gasteiger charge is 2.28. The van der Waals surface area contributed by atoms with Crippen molar-refractivity contribution in [3.8, 4) is 23.1 Å². The van der Waals surface area contributed by atoms with E-state index in [2.05, 4.69) is 74.2 Å². The molecule has 2 aromatic carbocycles. The Kier molecular flexibility index (Phi) is 7.11. The third-order valence-electron chi connectivity index (χ3n) is 6.94. The van der Waals surface area contributed by atoms with Gasteiger partial charge in [-0.05, 0) is 47.9 Å². The van der Waals surface area contributed by atoms with Crippen molar-refractivity contribution in [3.05, 3.63) is 82.0 Å². The fraction of sp³-hybridized carbons (Fsp3) is 0.379. The molecule has 3 aromatic rings. The number of hydrogen-bond donors (Lipinski definition) is 0. The predicted molar refractivity (Wildman–Crippen MR) is 133 cm³/mol. The zero-order valence-corrected chi connectivity index (χ0v) is 20.2. The van der Waals surface area contributed by atoms with Gasteiger partial charge in [0.1, 0.15) is 17.5 Å². The minimum Gasteiger partial charge on any atom is -0.496 e. The maximum atomic E-state index is 10.1. The molecule has 0 fully saturated rings. The van der Waals surface area contributed by atoms with Crippen molar-refractivity contribution in [1.29, 1.82) is 5.26 Å². The monoisotopic (exact) mass is 439 g/mol. The Bertz CT molecular complexity index is 1160. The molecule has 0 N–H and O–H groups in total. The van der Waals surface area contributed by atoms with Crippen LogP contribution in [0.2, 0.25) is 0 Å². The number of methoxy groups -OCH3 is 1. The summed E-state index contributed by atoms with van der Waals surface area (Å²) in [6.07, 6.45) is 3.88. The van der Waals surface area contributed by atoms with Gasteiger partial charge in [-0.1, -0.05) is 63.2 Å². The lowest BCUT2D eigenvalue weighted by Crippen LogP contribution is -2.35. The molecule has 0 amide bonds. The highest BCUT2D eigenvalue weighted by atomic mass is 16.5. The highest BCUT2D eigenvalue weighted by Crippen LogP contribution is 2.37. The van der Waals surface area contributed by atoms with Crippen LogP contribution in [-0.2, 0) is 25.8 Å². The van der Waals surface area contributed by atoms with E-state index in [9.17, 15) is 5.26 Å². The lowest BCUT2D eigenvalue weighted by Gasteiger charge is -2.37. The molecular formula is C29H33N3O. The minimum absolute atomic E-state index is 0.332. The summed E-state index contributed by atoms with van der Waals surface area (Å²) in [6, 6.07) is 19.9. The van der Waals surface area contributed by atoms with Crippen LogP contribution in [0, 0.1) is 11.3 Å². The van der Waals surface area contributed by atoms with E-state index in [-0.39, 0.29) is 0 Å². The molecule has 170 valence electrons. The smallest absolute Gasteiger partial charge is 0.149 e. The molecule has 4 rings (SSSR count). The number of nitrogens with zero attached hydrogens (tertiary/aromatic N) is 3. The molecule has 1 aliphatic heterocycles. The lowest BCUT2D eigenvalue weighted by molar-refractivity contribution is 0.169. The first-order valence-electron chi connectivity index (χ1n) is 12.1. The fourth-order valence-corrected chi connectivity index (χ4v) is 5.25. The molecule has 1 aliphatic rings. The van der Waals surface area contributed by atoms with Crippen LogP contribution in [-0.4, -0.2) is 23.5 Å². The van der Waals surface area contributed by atoms with Crippen molar-refractivity contribution in [2.24, 2.45) is 0 Å². The van der Waals surface area contributed by atoms with Crippen molar-refractivity contribution in [3.63, 3.8) is 0 Å². The average molecular weight is 440 g/mol. The molecular weight excluding hydrogens is 406 g/mol. The molecule has 0 radical (unpaired) electrons. The van der Waals surface area contributed by atoms with E-state index in [0.29, 0.717) is 18.3 Å². The van der Waals surface area contributed by atoms with Gasteiger partial charge in [-0.25, -0.2) is 4.98 Å². The van der Waals surface area contributed by atoms with Crippen molar-refractivity contribution in [1.82, 2.24) is 9.88 Å². The maximum absolute atomic E-state index is 10.1. The van der Waals surface area contributed by atoms with Crippen LogP contribution >= 0.6 is 0 Å². The SMILES string of the molecule is CCc1cccc(CC)c1-c1cc(OC)c(CN2CCc3ccccc3C2CC)c(C#N)n1. The molecule has 1 unspecified atom stereocenters. The van der Waals surface area contributed by atoms with Gasteiger partial charge in [0.25, 0.3) is 0 Å². The molecule has 0 spiro atoms. The van der Waals surface area contributed by atoms with Crippen LogP contribution in [0.1, 0.15) is 66.7 Å². The zero-order chi connectivity index (χ0) is 23.4. The first-order valence-corrected chi connectivity index (χ1v) is 12.1. The Labute approximate surface area is 197 Å². The highest BCUT2D eigenvalue weighted by molar-refractivity contribution is 5.71. The third-order valence-corrected chi connectivity index (χ3v) is 6.94. The molecule has 4 heteroatoms. The molecule has 0 bridgehead atoms. The number of rotatable bonds is 7. The van der Waals surface area contributed by atoms with E-state index in [1.165, 1.54) is 22.3 Å². The van der Waals surface area contributed by atoms with E-state index in [4.69, 9.17) is 9.72 Å². The van der Waals surface area contributed by atoms with Gasteiger partial charge in [-0.2, -0.15) is 5.26 Å². The number of pyridine rings is 1. The van der Waals surface area contributed by atoms with Crippen LogP contribution < -0.4 is 4.74 Å². The van der Waals surface area contributed by atoms with Gasteiger partial charge < -0.3 is 4.74 Å². The van der Waals surface area contributed by atoms with Crippen molar-refractivity contribution in [2.45, 2.75) is 59.0 Å². The van der Waals surface area contributed by atoms with Gasteiger partial charge in [0, 0.05) is 36.3 Å². The molecule has 1 aromatic heterocycles. The Morgan fingerprint density at radius 1 is 1.06 bits per heavy atom. The second-order valence-corrected chi connectivity index (χ2v) is 8.65. The number of ether oxygens (including phenoxy) is 1. The standard InChI is InChI=1S/C29H33N3O/c1-5-20-12-10-13-21(6-2)29(20)25-17-28(33-4)24(26(18-30)31-25)19-32-16-15-22-11-8-9-14-23(22)27(32)7-3/h8-14,17,27H,5-7,15-16,19H2,1-4H3. The van der Waals surface area contributed by atoms with Crippen molar-refractivity contribution < 1.29 is 4.74 Å². The van der Waals surface area contributed by atoms with Gasteiger partial charge in [-0.15, -0.1) is 0 Å². The Balaban J connectivity index is 1.77. The summed E-state index contributed by atoms with van der Waals surface area (Å²) in [7, 11) is 1.69. The summed E-state index contributed by atoms with van der Waals surface area (Å²) < 4.78 is 5.86. The van der Waals surface area contributed by atoms with Crippen LogP contribution in [0.15, 0.2) is 48.5 Å². The van der Waals surface area contributed by atoms with E-state index in [1.54, 1.807) is 7.11 Å². The van der Waals surface area contributed by atoms with Crippen molar-refractivity contribution in [2.75, 3.05) is 13.7 Å². The summed E-state index contributed by atoms with van der Waals surface area (Å²) in [5.74, 6) is 0.748. The summed E-state index contributed by atoms with van der Waals surface area (Å²) in [4.78, 5) is 7.35. The molecule has 33 heavy (non-hydrogen) atoms. The Hall–Kier alpha value is -3.16. The number of nitriles is 1. The molecule has 2 heterocycles. The van der Waals surface area contributed by atoms with Gasteiger partial charge in [0.2, 0.25) is 0 Å². The summed E-state index contributed by atoms with van der Waals surface area (Å²) in [5.41, 5.74) is 8.65. The van der Waals surface area contributed by atoms with E-state index in [0.717, 1.165) is 54.8 Å². The first kappa shape index (κ1) is 23.0. The second kappa shape index (κ2) is 10.2. The fourth-order valence-electron chi connectivity index (χ4n) is 5.25. The molecule has 0 aliphatic carbocycles. The largest absolute Gasteiger partial charge is 0.496 e. The summed E-state index contributed by atoms with van der Waals surface area (Å²) in [6.45, 7) is 8.17. The Morgan fingerprint density at radius 2 is 1.79 bits per heavy atom. The third kappa shape index (κ3) is 4.38. The summed E-state index contributed by atoms with van der Waals surface area (Å²) >= 11 is 0. The first-order chi connectivity index (χ1) is 16.1. The number of fused-ring (bicyclic) bond motifs is 1. The number of aromatic nitrogens is 1. The molecule has 4 nitrogen and oxygen atoms in total. The van der Waals surface area contributed by atoms with Gasteiger partial charge >= 0.3 is 0 Å². The number of hydrogen-bond acceptors (Lipinski definition) is 4. The lowest BCUT2D eigenvalue weighted by atomic mass is 9.90. The average Bonchev–Trinajstić information content (AvgIpc) is 2.87. The van der Waals surface area contributed by atoms with Crippen LogP contribution in [0.25, 0.3) is 11.3 Å². The van der Waals surface area contributed by atoms with E-state index < -0.39 is 0 Å². The minimum atomic E-state index is 0.332. The molecule has 0 saturated carbocycles. The number of aryl methyl sites for hydroxylation is 2. The zero-order valence-electron chi connectivity index (χ0n) is 20.2. The quantitative estimate of drug-likeness (QED) is 0.436. The van der Waals surface area contributed by atoms with Gasteiger partial charge in [0.15, 0.2) is 0 Å². The van der Waals surface area contributed by atoms with Crippen LogP contribution in [0.5, 0.6) is 5.75 Å². The van der Waals surface area contributed by atoms with Crippen LogP contribution in [0.4, 0.5) is 0 Å². The van der Waals surface area contributed by atoms with E-state index >= 15 is 0 Å². The Morgan fingerprint density at radius 3 is 2.42 bits per heavy atom. The second-order valence-electron chi connectivity index (χ2n) is 8.65. The summed E-state index contributed by atoms with van der Waals surface area (Å²) in [5, 5.41) is 10.1. The maximum Gasteiger partial charge on any atom is 0.149 e.